The zero-order valence-corrected chi connectivity index (χ0v) is 37.8. The largest absolute Gasteiger partial charge is 0.397 e. The summed E-state index contributed by atoms with van der Waals surface area (Å²) in [7, 11) is -34.9. The number of rotatable bonds is 19. The second-order valence-corrected chi connectivity index (χ2v) is 23.1. The molecule has 36 heteroatoms. The predicted octanol–water partition coefficient (Wildman–Crippen LogP) is 3.33. The van der Waals surface area contributed by atoms with Crippen LogP contribution in [0.5, 0.6) is 0 Å². The van der Waals surface area contributed by atoms with E-state index in [0.717, 1.165) is 30.3 Å². The normalized spacial score (nSPS) is 13.6. The van der Waals surface area contributed by atoms with Crippen molar-refractivity contribution in [1.82, 2.24) is 0 Å². The molecule has 0 saturated carbocycles. The third kappa shape index (κ3) is 14.3. The first-order chi connectivity index (χ1) is 29.6. The van der Waals surface area contributed by atoms with E-state index in [-0.39, 0.29) is 0 Å². The van der Waals surface area contributed by atoms with Crippen LogP contribution in [0.2, 0.25) is 0 Å². The minimum atomic E-state index is -5.37. The number of aryl methyl sites for hydroxylation is 1. The molecule has 29 nitrogen and oxygen atoms in total. The highest BCUT2D eigenvalue weighted by Gasteiger charge is 2.26. The van der Waals surface area contributed by atoms with Gasteiger partial charge in [-0.2, -0.15) is 42.1 Å². The van der Waals surface area contributed by atoms with E-state index < -0.39 is 166 Å². The molecule has 4 aromatic rings. The minimum Gasteiger partial charge on any atom is -0.395 e. The Morgan fingerprint density at radius 1 is 0.446 bits per heavy atom. The summed E-state index contributed by atoms with van der Waals surface area (Å²) in [4.78, 5) is -4.77. The van der Waals surface area contributed by atoms with E-state index >= 15 is 0 Å². The fourth-order valence-electron chi connectivity index (χ4n) is 4.86. The van der Waals surface area contributed by atoms with Crippen molar-refractivity contribution in [3.05, 3.63) is 66.2 Å². The Kier molecular flexibility index (Phi) is 15.5. The third-order valence-electron chi connectivity index (χ3n) is 7.82. The molecule has 0 saturated heterocycles. The van der Waals surface area contributed by atoms with Crippen molar-refractivity contribution in [2.45, 2.75) is 31.4 Å². The van der Waals surface area contributed by atoms with Crippen molar-refractivity contribution >= 4 is 116 Å². The van der Waals surface area contributed by atoms with Gasteiger partial charge in [0.1, 0.15) is 48.8 Å². The van der Waals surface area contributed by atoms with Crippen molar-refractivity contribution in [3.8, 4) is 0 Å². The van der Waals surface area contributed by atoms with Gasteiger partial charge in [0.2, 0.25) is 0 Å². The van der Waals surface area contributed by atoms with E-state index in [1.165, 1.54) is 13.0 Å². The molecule has 0 atom stereocenters. The summed E-state index contributed by atoms with van der Waals surface area (Å²) in [5.41, 5.74) is 7.72. The van der Waals surface area contributed by atoms with Crippen LogP contribution in [0.25, 0.3) is 0 Å². The molecule has 0 amide bonds. The van der Waals surface area contributed by atoms with Gasteiger partial charge < -0.3 is 11.5 Å². The molecule has 9 N–H and O–H groups in total. The number of hydrogen-bond acceptors (Lipinski definition) is 24. The van der Waals surface area contributed by atoms with Crippen molar-refractivity contribution < 1.29 is 90.1 Å². The third-order valence-corrected chi connectivity index (χ3v) is 14.8. The fourth-order valence-corrected chi connectivity index (χ4v) is 10.0. The summed E-state index contributed by atoms with van der Waals surface area (Å²) < 4.78 is 223. The van der Waals surface area contributed by atoms with Gasteiger partial charge in [0.05, 0.1) is 45.9 Å². The number of nitrogen functional groups attached to an aromatic ring is 2. The lowest BCUT2D eigenvalue weighted by molar-refractivity contribution is 0.282. The van der Waals surface area contributed by atoms with Gasteiger partial charge in [-0.3, -0.25) is 22.8 Å². The maximum atomic E-state index is 12.8. The Hall–Kier alpha value is -5.35. The smallest absolute Gasteiger partial charge is 0.395 e. The highest BCUT2D eigenvalue weighted by atomic mass is 32.3. The van der Waals surface area contributed by atoms with Crippen LogP contribution in [0, 0.1) is 6.92 Å². The number of benzene rings is 4. The monoisotopic (exact) mass is 1050 g/mol. The first-order valence-corrected chi connectivity index (χ1v) is 26.9. The maximum Gasteiger partial charge on any atom is 0.397 e. The van der Waals surface area contributed by atoms with Crippen LogP contribution in [0.3, 0.4) is 0 Å². The lowest BCUT2D eigenvalue weighted by Gasteiger charge is -2.11. The molecule has 0 spiro atoms. The van der Waals surface area contributed by atoms with Crippen molar-refractivity contribution in [3.63, 3.8) is 0 Å². The SMILES string of the molecule is Cc1ccc(N=Nc2cc(N=Nc3ccc(S(=O)(=O)CCOS(=O)(=O)O)cc3S(=O)(=O)O)c(N)c(N=Nc3ccc(S(=O)(=O)CCOS(=O)(=O)O)cc3S(=O)(=O)O)c2N)c(S(=O)(=O)O)c1. The molecule has 0 fully saturated rings. The lowest BCUT2D eigenvalue weighted by atomic mass is 10.2. The topological polar surface area (TPSA) is 485 Å². The second kappa shape index (κ2) is 19.2. The zero-order chi connectivity index (χ0) is 49.1. The average Bonchev–Trinajstić information content (AvgIpc) is 3.15. The number of nitrogens with two attached hydrogens (primary N) is 2. The van der Waals surface area contributed by atoms with Crippen molar-refractivity contribution in [2.24, 2.45) is 30.7 Å². The van der Waals surface area contributed by atoms with Gasteiger partial charge >= 0.3 is 20.8 Å². The number of azo groups is 3. The Morgan fingerprint density at radius 2 is 0.769 bits per heavy atom. The summed E-state index contributed by atoms with van der Waals surface area (Å²) in [5.74, 6) is -2.24. The first-order valence-electron chi connectivity index (χ1n) is 16.6. The molecule has 4 aromatic carbocycles. The maximum absolute atomic E-state index is 12.8. The summed E-state index contributed by atoms with van der Waals surface area (Å²) in [6.07, 6.45) is 0. The van der Waals surface area contributed by atoms with Crippen LogP contribution < -0.4 is 11.5 Å². The van der Waals surface area contributed by atoms with Crippen LogP contribution in [-0.4, -0.2) is 106 Å². The van der Waals surface area contributed by atoms with Crippen molar-refractivity contribution in [1.29, 1.82) is 0 Å². The molecule has 65 heavy (non-hydrogen) atoms. The van der Waals surface area contributed by atoms with Gasteiger partial charge in [0.25, 0.3) is 30.4 Å². The van der Waals surface area contributed by atoms with Crippen LogP contribution in [0.4, 0.5) is 45.5 Å². The van der Waals surface area contributed by atoms with Crippen LogP contribution in [-0.2, 0) is 79.2 Å². The van der Waals surface area contributed by atoms with E-state index in [4.69, 9.17) is 20.6 Å². The van der Waals surface area contributed by atoms with Crippen LogP contribution >= 0.6 is 0 Å². The van der Waals surface area contributed by atoms with Crippen LogP contribution in [0.1, 0.15) is 5.56 Å². The van der Waals surface area contributed by atoms with Gasteiger partial charge in [-0.15, -0.1) is 30.7 Å². The minimum absolute atomic E-state index is 0.357. The second-order valence-electron chi connectivity index (χ2n) is 12.5. The van der Waals surface area contributed by atoms with Gasteiger partial charge in [0.15, 0.2) is 19.7 Å². The Bertz CT molecular complexity index is 3470. The molecule has 0 radical (unpaired) electrons. The van der Waals surface area contributed by atoms with Crippen molar-refractivity contribution in [2.75, 3.05) is 36.2 Å². The number of nitrogens with zero attached hydrogens (tertiary/aromatic N) is 6. The molecular weight excluding hydrogens is 1020 g/mol. The molecule has 0 aromatic heterocycles. The molecule has 0 aliphatic rings. The molecule has 0 bridgehead atoms. The standard InChI is InChI=1S/C29H30N8O21S7/c1-16-2-5-19(24(12-16)61(42,43)44)32-35-22-15-23(36-33-20-6-3-17(13-25(20)62(45,46)47)59(38,39)10-8-57-64(51,52)53)28(31)29(27(22)30)37-34-21-7-4-18(14-26(21)63(48,49)50)60(40,41)11-9-58-65(54,55)56/h2-7,12-15H,8-11,30-31H2,1H3,(H,42,43,44)(H,45,46,47)(H,48,49,50)(H,51,52,53)(H,54,55,56). The highest BCUT2D eigenvalue weighted by molar-refractivity contribution is 7.92. The quantitative estimate of drug-likeness (QED) is 0.0402. The Labute approximate surface area is 368 Å². The molecule has 0 unspecified atom stereocenters. The summed E-state index contributed by atoms with van der Waals surface area (Å²) in [6, 6.07) is 8.14. The number of anilines is 2. The van der Waals surface area contributed by atoms with E-state index in [2.05, 4.69) is 39.1 Å². The predicted molar refractivity (Wildman–Crippen MR) is 220 cm³/mol. The lowest BCUT2D eigenvalue weighted by Crippen LogP contribution is -2.16. The van der Waals surface area contributed by atoms with E-state index in [0.29, 0.717) is 29.8 Å². The molecule has 0 aliphatic carbocycles. The molecule has 0 heterocycles. The summed E-state index contributed by atoms with van der Waals surface area (Å²) >= 11 is 0. The fraction of sp³-hybridized carbons (Fsp3) is 0.172. The highest BCUT2D eigenvalue weighted by Crippen LogP contribution is 2.46. The van der Waals surface area contributed by atoms with Crippen LogP contribution in [0.15, 0.2) is 116 Å². The van der Waals surface area contributed by atoms with Gasteiger partial charge in [-0.25, -0.2) is 25.2 Å². The summed E-state index contributed by atoms with van der Waals surface area (Å²) in [5, 5.41) is 22.6. The van der Waals surface area contributed by atoms with E-state index in [1.807, 2.05) is 0 Å². The van der Waals surface area contributed by atoms with E-state index in [9.17, 15) is 72.6 Å². The van der Waals surface area contributed by atoms with E-state index in [1.54, 1.807) is 0 Å². The number of hydrogen-bond donors (Lipinski definition) is 7. The van der Waals surface area contributed by atoms with Gasteiger partial charge in [-0.1, -0.05) is 6.07 Å². The molecule has 0 aliphatic heterocycles. The van der Waals surface area contributed by atoms with Gasteiger partial charge in [0, 0.05) is 0 Å². The Balaban J connectivity index is 1.92. The Morgan fingerprint density at radius 3 is 1.12 bits per heavy atom. The average molecular weight is 1050 g/mol. The van der Waals surface area contributed by atoms with Gasteiger partial charge in [-0.05, 0) is 67.1 Å². The molecule has 4 rings (SSSR count). The molecular formula is C29H30N8O21S7. The summed E-state index contributed by atoms with van der Waals surface area (Å²) in [6.45, 7) is -0.741. The molecule has 354 valence electrons. The first kappa shape index (κ1) is 52.3. The zero-order valence-electron chi connectivity index (χ0n) is 32.1. The number of sulfone groups is 2.